The molecule has 2 N–H and O–H groups in total. The molecule has 0 unspecified atom stereocenters. The molecule has 1 radical (unpaired) electrons. The third-order valence-corrected chi connectivity index (χ3v) is 0. The fourth-order valence-electron chi connectivity index (χ4n) is 0. The molecule has 1 amide bonds. The van der Waals surface area contributed by atoms with Crippen LogP contribution in [0.1, 0.15) is 0 Å². The normalized spacial score (nSPS) is 3.00. The Labute approximate surface area is 49.6 Å². The summed E-state index contributed by atoms with van der Waals surface area (Å²) in [6, 6.07) is 0. The van der Waals surface area contributed by atoms with Crippen molar-refractivity contribution in [1.82, 2.24) is 0 Å². The SMILES string of the molecule is N[C-]=O.[Y]. The van der Waals surface area contributed by atoms with Gasteiger partial charge in [0.15, 0.2) is 0 Å². The molecule has 3 heteroatoms. The smallest absolute Gasteiger partial charge is 0 e. The number of rotatable bonds is 0. The maximum absolute atomic E-state index is 8.46. The minimum atomic E-state index is 0. The minimum absolute atomic E-state index is 0. The molecule has 0 aliphatic rings. The first-order valence-corrected chi connectivity index (χ1v) is 0.493. The van der Waals surface area contributed by atoms with Crippen LogP contribution in [0.3, 0.4) is 0 Å². The van der Waals surface area contributed by atoms with Crippen molar-refractivity contribution in [3.63, 3.8) is 0 Å². The van der Waals surface area contributed by atoms with Crippen LogP contribution >= 0.6 is 0 Å². The van der Waals surface area contributed by atoms with Crippen molar-refractivity contribution < 1.29 is 37.5 Å². The number of hydrogen-bond donors (Lipinski definition) is 1. The average molecular weight is 133 g/mol. The quantitative estimate of drug-likeness (QED) is 0.334. The van der Waals surface area contributed by atoms with E-state index >= 15 is 0 Å². The van der Waals surface area contributed by atoms with Crippen molar-refractivity contribution in [2.24, 2.45) is 5.73 Å². The molecule has 0 bridgehead atoms. The van der Waals surface area contributed by atoms with E-state index in [1.807, 2.05) is 0 Å². The number of hydrogen-bond acceptors (Lipinski definition) is 1. The third-order valence-electron chi connectivity index (χ3n) is 0. The number of amides is 1. The van der Waals surface area contributed by atoms with Gasteiger partial charge in [0.25, 0.3) is 0 Å². The standard InChI is InChI=1S/CH2NO.Y/c2-1-3;/h(H2,2,3);/q-1;. The van der Waals surface area contributed by atoms with Crippen LogP contribution in [0.15, 0.2) is 0 Å². The molecule has 0 aliphatic carbocycles. The van der Waals surface area contributed by atoms with Crippen LogP contribution < -0.4 is 5.73 Å². The van der Waals surface area contributed by atoms with Gasteiger partial charge in [-0.15, -0.1) is 0 Å². The van der Waals surface area contributed by atoms with Crippen molar-refractivity contribution in [3.05, 3.63) is 0 Å². The van der Waals surface area contributed by atoms with Gasteiger partial charge < -0.3 is 10.5 Å². The number of nitrogens with two attached hydrogens (primary N) is 1. The van der Waals surface area contributed by atoms with Gasteiger partial charge in [0.2, 0.25) is 0 Å². The summed E-state index contributed by atoms with van der Waals surface area (Å²) < 4.78 is 0. The van der Waals surface area contributed by atoms with Crippen LogP contribution in [-0.2, 0) is 37.5 Å². The van der Waals surface area contributed by atoms with Gasteiger partial charge in [-0.3, -0.25) is 0 Å². The summed E-state index contributed by atoms with van der Waals surface area (Å²) in [5.74, 6) is 0. The molecular formula is CH2NOY-. The van der Waals surface area contributed by atoms with Gasteiger partial charge in [0.05, 0.1) is 0 Å². The molecule has 21 valence electrons. The summed E-state index contributed by atoms with van der Waals surface area (Å²) in [5, 5.41) is 0. The first-order valence-electron chi connectivity index (χ1n) is 0.493. The van der Waals surface area contributed by atoms with Gasteiger partial charge in [0, 0.05) is 32.7 Å². The molecule has 0 atom stereocenters. The first kappa shape index (κ1) is 8.82. The van der Waals surface area contributed by atoms with Gasteiger partial charge >= 0.3 is 0 Å². The van der Waals surface area contributed by atoms with E-state index in [1.54, 1.807) is 0 Å². The van der Waals surface area contributed by atoms with Crippen molar-refractivity contribution in [2.45, 2.75) is 0 Å². The van der Waals surface area contributed by atoms with E-state index in [9.17, 15) is 0 Å². The van der Waals surface area contributed by atoms with Gasteiger partial charge in [-0.05, 0) is 0 Å². The Morgan fingerprint density at radius 1 is 1.75 bits per heavy atom. The van der Waals surface area contributed by atoms with Crippen molar-refractivity contribution in [1.29, 1.82) is 0 Å². The minimum Gasteiger partial charge on any atom is -0.543 e. The molecule has 0 spiro atoms. The Balaban J connectivity index is 0. The zero-order chi connectivity index (χ0) is 2.71. The van der Waals surface area contributed by atoms with E-state index in [-0.39, 0.29) is 32.7 Å². The summed E-state index contributed by atoms with van der Waals surface area (Å²) >= 11 is 0. The maximum Gasteiger partial charge on any atom is 0 e. The predicted octanol–water partition coefficient (Wildman–Crippen LogP) is -0.990. The van der Waals surface area contributed by atoms with E-state index in [1.165, 1.54) is 0 Å². The number of carbonyl (C=O) groups excluding carboxylic acids is 1. The van der Waals surface area contributed by atoms with Crippen LogP contribution in [0.25, 0.3) is 0 Å². The van der Waals surface area contributed by atoms with E-state index in [0.29, 0.717) is 0 Å². The van der Waals surface area contributed by atoms with Gasteiger partial charge in [0.1, 0.15) is 0 Å². The van der Waals surface area contributed by atoms with Crippen molar-refractivity contribution >= 4 is 6.41 Å². The Hall–Kier alpha value is 0.574. The fraction of sp³-hybridized carbons (Fsp3) is 0. The molecular weight excluding hydrogens is 131 g/mol. The summed E-state index contributed by atoms with van der Waals surface area (Å²) in [7, 11) is 0. The van der Waals surface area contributed by atoms with Gasteiger partial charge in [-0.1, -0.05) is 0 Å². The predicted molar refractivity (Wildman–Crippen MR) is 9.88 cm³/mol. The Morgan fingerprint density at radius 3 is 1.75 bits per heavy atom. The monoisotopic (exact) mass is 133 g/mol. The first-order chi connectivity index (χ1) is 1.41. The van der Waals surface area contributed by atoms with Gasteiger partial charge in [-0.2, -0.15) is 6.41 Å². The summed E-state index contributed by atoms with van der Waals surface area (Å²) in [4.78, 5) is 8.46. The largest absolute Gasteiger partial charge is 0.543 e. The van der Waals surface area contributed by atoms with Gasteiger partial charge in [-0.25, -0.2) is 0 Å². The second-order valence-electron chi connectivity index (χ2n) is 0.118. The molecule has 0 aromatic heterocycles. The third kappa shape index (κ3) is 19.4. The molecule has 0 aromatic carbocycles. The molecule has 0 fully saturated rings. The molecule has 0 rings (SSSR count). The van der Waals surface area contributed by atoms with Crippen LogP contribution in [0, 0.1) is 0 Å². The second-order valence-corrected chi connectivity index (χ2v) is 0.118. The molecule has 2 nitrogen and oxygen atoms in total. The van der Waals surface area contributed by atoms with Crippen LogP contribution in [-0.4, -0.2) is 6.41 Å². The van der Waals surface area contributed by atoms with E-state index in [0.717, 1.165) is 6.41 Å². The average Bonchev–Trinajstić information content (AvgIpc) is 0.918. The number of primary amides is 1. The fourth-order valence-corrected chi connectivity index (χ4v) is 0. The Kier molecular flexibility index (Phi) is 21.1. The summed E-state index contributed by atoms with van der Waals surface area (Å²) in [6.07, 6.45) is 1.00. The molecule has 0 aromatic rings. The Morgan fingerprint density at radius 2 is 1.75 bits per heavy atom. The zero-order valence-electron chi connectivity index (χ0n) is 2.06. The Bertz CT molecular complexity index is 15.5. The van der Waals surface area contributed by atoms with Crippen LogP contribution in [0.5, 0.6) is 0 Å². The topological polar surface area (TPSA) is 43.1 Å². The summed E-state index contributed by atoms with van der Waals surface area (Å²) in [5.41, 5.74) is 4.04. The van der Waals surface area contributed by atoms with E-state index in [4.69, 9.17) is 4.79 Å². The molecule has 0 saturated carbocycles. The van der Waals surface area contributed by atoms with E-state index in [2.05, 4.69) is 5.73 Å². The van der Waals surface area contributed by atoms with Crippen molar-refractivity contribution in [3.8, 4) is 0 Å². The van der Waals surface area contributed by atoms with Crippen LogP contribution in [0.4, 0.5) is 0 Å². The zero-order valence-corrected chi connectivity index (χ0v) is 4.90. The van der Waals surface area contributed by atoms with Crippen LogP contribution in [0.2, 0.25) is 0 Å². The summed E-state index contributed by atoms with van der Waals surface area (Å²) in [6.45, 7) is 0. The maximum atomic E-state index is 8.46. The van der Waals surface area contributed by atoms with Crippen molar-refractivity contribution in [2.75, 3.05) is 0 Å². The molecule has 0 heterocycles. The molecule has 0 saturated heterocycles. The van der Waals surface area contributed by atoms with E-state index < -0.39 is 0 Å². The molecule has 0 aliphatic heterocycles. The second kappa shape index (κ2) is 9.56. The molecule has 4 heavy (non-hydrogen) atoms.